The molecule has 1 aliphatic heterocycles. The van der Waals surface area contributed by atoms with Crippen molar-refractivity contribution in [2.24, 2.45) is 0 Å². The second-order valence-corrected chi connectivity index (χ2v) is 7.06. The van der Waals surface area contributed by atoms with E-state index in [1.54, 1.807) is 18.3 Å². The summed E-state index contributed by atoms with van der Waals surface area (Å²) in [5.74, 6) is -0.113. The maximum Gasteiger partial charge on any atom is 0.254 e. The van der Waals surface area contributed by atoms with Crippen LogP contribution in [0.2, 0.25) is 0 Å². The van der Waals surface area contributed by atoms with Gasteiger partial charge < -0.3 is 10.3 Å². The Morgan fingerprint density at radius 3 is 2.94 bits per heavy atom. The van der Waals surface area contributed by atoms with Crippen molar-refractivity contribution < 1.29 is 13.2 Å². The molecule has 1 aromatic heterocycles. The van der Waals surface area contributed by atoms with Crippen LogP contribution in [0.3, 0.4) is 0 Å². The Hall–Kier alpha value is -1.21. The van der Waals surface area contributed by atoms with Gasteiger partial charge in [0.1, 0.15) is 4.64 Å². The number of nitrogens with one attached hydrogen (secondary N) is 2. The highest BCUT2D eigenvalue weighted by Gasteiger charge is 2.31. The van der Waals surface area contributed by atoms with Crippen molar-refractivity contribution in [2.45, 2.75) is 18.1 Å². The van der Waals surface area contributed by atoms with Gasteiger partial charge in [-0.3, -0.25) is 4.79 Å². The van der Waals surface area contributed by atoms with E-state index in [0.29, 0.717) is 23.0 Å². The molecule has 2 heterocycles. The van der Waals surface area contributed by atoms with Gasteiger partial charge in [-0.15, -0.1) is 0 Å². The van der Waals surface area contributed by atoms with Crippen LogP contribution in [0.1, 0.15) is 23.2 Å². The normalized spacial score (nSPS) is 21.7. The van der Waals surface area contributed by atoms with Crippen LogP contribution in [-0.4, -0.2) is 36.9 Å². The average molecular weight is 286 g/mol. The van der Waals surface area contributed by atoms with Crippen LogP contribution in [0.15, 0.2) is 18.3 Å². The van der Waals surface area contributed by atoms with Crippen LogP contribution >= 0.6 is 12.2 Å². The summed E-state index contributed by atoms with van der Waals surface area (Å²) in [6.07, 6.45) is 2.93. The van der Waals surface area contributed by atoms with Crippen molar-refractivity contribution in [3.8, 4) is 0 Å². The van der Waals surface area contributed by atoms with Gasteiger partial charge in [-0.05, 0) is 25.0 Å². The molecule has 18 heavy (non-hydrogen) atoms. The third-order valence-corrected chi connectivity index (χ3v) is 5.63. The van der Waals surface area contributed by atoms with E-state index in [1.807, 2.05) is 0 Å². The number of hydrogen-bond donors (Lipinski definition) is 2. The zero-order valence-electron chi connectivity index (χ0n) is 9.68. The van der Waals surface area contributed by atoms with Crippen LogP contribution in [0.25, 0.3) is 0 Å². The van der Waals surface area contributed by atoms with E-state index in [2.05, 4.69) is 10.3 Å². The summed E-state index contributed by atoms with van der Waals surface area (Å²) in [4.78, 5) is 14.6. The highest BCUT2D eigenvalue weighted by atomic mass is 32.2. The summed E-state index contributed by atoms with van der Waals surface area (Å²) in [5, 5.41) is 2.18. The number of rotatable bonds is 3. The molecule has 98 valence electrons. The minimum absolute atomic E-state index is 0.158. The molecule has 1 aliphatic rings. The second-order valence-electron chi connectivity index (χ2n) is 4.25. The second kappa shape index (κ2) is 5.19. The summed E-state index contributed by atoms with van der Waals surface area (Å²) in [6.45, 7) is 0.158. The Morgan fingerprint density at radius 2 is 2.33 bits per heavy atom. The van der Waals surface area contributed by atoms with Crippen molar-refractivity contribution >= 4 is 28.0 Å². The minimum Gasteiger partial charge on any atom is -0.352 e. The maximum atomic E-state index is 11.8. The molecule has 0 bridgehead atoms. The molecule has 5 nitrogen and oxygen atoms in total. The van der Waals surface area contributed by atoms with Gasteiger partial charge in [-0.2, -0.15) is 0 Å². The fourth-order valence-electron chi connectivity index (χ4n) is 1.99. The van der Waals surface area contributed by atoms with E-state index < -0.39 is 15.1 Å². The van der Waals surface area contributed by atoms with E-state index >= 15 is 0 Å². The molecule has 1 atom stereocenters. The number of pyridine rings is 1. The van der Waals surface area contributed by atoms with Gasteiger partial charge in [0.2, 0.25) is 0 Å². The molecule has 2 N–H and O–H groups in total. The van der Waals surface area contributed by atoms with E-state index in [-0.39, 0.29) is 18.2 Å². The lowest BCUT2D eigenvalue weighted by Gasteiger charge is -2.10. The van der Waals surface area contributed by atoms with Crippen LogP contribution in [-0.2, 0) is 9.84 Å². The third kappa shape index (κ3) is 2.78. The Morgan fingerprint density at radius 1 is 1.56 bits per heavy atom. The van der Waals surface area contributed by atoms with Crippen molar-refractivity contribution in [1.29, 1.82) is 0 Å². The van der Waals surface area contributed by atoms with Gasteiger partial charge in [-0.1, -0.05) is 12.2 Å². The smallest absolute Gasteiger partial charge is 0.254 e. The van der Waals surface area contributed by atoms with Crippen molar-refractivity contribution in [3.05, 3.63) is 28.5 Å². The molecule has 1 saturated heterocycles. The largest absolute Gasteiger partial charge is 0.352 e. The van der Waals surface area contributed by atoms with E-state index in [1.165, 1.54) is 0 Å². The Balaban J connectivity index is 2.02. The highest BCUT2D eigenvalue weighted by molar-refractivity contribution is 7.92. The molecular formula is C11H14N2O3S2. The Bertz CT molecular complexity index is 607. The van der Waals surface area contributed by atoms with E-state index in [4.69, 9.17) is 12.2 Å². The molecule has 1 aromatic rings. The fraction of sp³-hybridized carbons (Fsp3) is 0.455. The molecule has 0 spiro atoms. The molecule has 7 heteroatoms. The predicted octanol–water partition coefficient (Wildman–Crippen LogP) is 1.05. The quantitative estimate of drug-likeness (QED) is 0.814. The summed E-state index contributed by atoms with van der Waals surface area (Å²) >= 11 is 4.99. The highest BCUT2D eigenvalue weighted by Crippen LogP contribution is 2.19. The van der Waals surface area contributed by atoms with Crippen LogP contribution < -0.4 is 5.32 Å². The van der Waals surface area contributed by atoms with Gasteiger partial charge >= 0.3 is 0 Å². The first kappa shape index (κ1) is 13.2. The van der Waals surface area contributed by atoms with Crippen LogP contribution in [0.5, 0.6) is 0 Å². The van der Waals surface area contributed by atoms with Gasteiger partial charge in [0, 0.05) is 12.7 Å². The number of sulfone groups is 1. The zero-order chi connectivity index (χ0) is 13.2. The molecular weight excluding hydrogens is 272 g/mol. The Kier molecular flexibility index (Phi) is 3.82. The molecule has 0 radical (unpaired) electrons. The fourth-order valence-corrected chi connectivity index (χ4v) is 3.98. The number of amides is 1. The minimum atomic E-state index is -3.02. The number of hydrogen-bond acceptors (Lipinski definition) is 4. The molecule has 1 amide bonds. The first-order valence-electron chi connectivity index (χ1n) is 5.68. The maximum absolute atomic E-state index is 11.8. The number of carbonyl (C=O) groups excluding carboxylic acids is 1. The van der Waals surface area contributed by atoms with Crippen LogP contribution in [0.4, 0.5) is 0 Å². The summed E-state index contributed by atoms with van der Waals surface area (Å²) in [6, 6.07) is 3.29. The summed E-state index contributed by atoms with van der Waals surface area (Å²) in [7, 11) is -3.02. The van der Waals surface area contributed by atoms with Crippen LogP contribution in [0, 0.1) is 4.64 Å². The monoisotopic (exact) mass is 286 g/mol. The van der Waals surface area contributed by atoms with Crippen molar-refractivity contribution in [1.82, 2.24) is 10.3 Å². The summed E-state index contributed by atoms with van der Waals surface area (Å²) in [5.41, 5.74) is 0.364. The number of H-pyrrole nitrogens is 1. The number of aromatic amines is 1. The van der Waals surface area contributed by atoms with Gasteiger partial charge in [0.05, 0.1) is 16.6 Å². The van der Waals surface area contributed by atoms with Crippen molar-refractivity contribution in [3.63, 3.8) is 0 Å². The van der Waals surface area contributed by atoms with E-state index in [0.717, 1.165) is 0 Å². The standard InChI is InChI=1S/C11H14N2O3S2/c14-10(9-4-1-5-12-11(9)17)13-7-8-3-2-6-18(8,15)16/h1,4-5,8H,2-3,6-7H2,(H,12,17)(H,13,14). The lowest BCUT2D eigenvalue weighted by Crippen LogP contribution is -2.34. The number of carbonyl (C=O) groups is 1. The molecule has 0 aromatic carbocycles. The van der Waals surface area contributed by atoms with E-state index in [9.17, 15) is 13.2 Å². The molecule has 2 rings (SSSR count). The van der Waals surface area contributed by atoms with Gasteiger partial charge in [0.25, 0.3) is 5.91 Å². The Labute approximate surface area is 111 Å². The number of aromatic nitrogens is 1. The molecule has 0 saturated carbocycles. The molecule has 1 unspecified atom stereocenters. The topological polar surface area (TPSA) is 79.0 Å². The first-order chi connectivity index (χ1) is 8.50. The van der Waals surface area contributed by atoms with Gasteiger partial charge in [-0.25, -0.2) is 8.42 Å². The molecule has 0 aliphatic carbocycles. The lowest BCUT2D eigenvalue weighted by atomic mass is 10.2. The summed E-state index contributed by atoms with van der Waals surface area (Å²) < 4.78 is 23.6. The first-order valence-corrected chi connectivity index (χ1v) is 7.80. The third-order valence-electron chi connectivity index (χ3n) is 3.02. The van der Waals surface area contributed by atoms with Crippen molar-refractivity contribution in [2.75, 3.05) is 12.3 Å². The predicted molar refractivity (Wildman–Crippen MR) is 70.8 cm³/mol. The average Bonchev–Trinajstić information content (AvgIpc) is 2.66. The SMILES string of the molecule is O=C(NCC1CCCS1(=O)=O)c1ccc[nH]c1=S. The zero-order valence-corrected chi connectivity index (χ0v) is 11.3. The lowest BCUT2D eigenvalue weighted by molar-refractivity contribution is 0.0952. The molecule has 1 fully saturated rings. The van der Waals surface area contributed by atoms with Gasteiger partial charge in [0.15, 0.2) is 9.84 Å².